The Hall–Kier alpha value is -3.01. The Morgan fingerprint density at radius 2 is 1.96 bits per heavy atom. The summed E-state index contributed by atoms with van der Waals surface area (Å²) in [6.07, 6.45) is 4.64. The molecule has 5 rings (SSSR count). The number of pyridine rings is 1. The van der Waals surface area contributed by atoms with Crippen LogP contribution in [0.3, 0.4) is 0 Å². The summed E-state index contributed by atoms with van der Waals surface area (Å²) in [4.78, 5) is 67.9. The normalized spacial score (nSPS) is 27.9. The molecule has 3 heterocycles. The van der Waals surface area contributed by atoms with Crippen LogP contribution >= 0.6 is 7.60 Å². The highest BCUT2D eigenvalue weighted by Gasteiger charge is 2.66. The molecule has 2 fully saturated rings. The Morgan fingerprint density at radius 3 is 2.61 bits per heavy atom. The maximum absolute atomic E-state index is 14.3. The van der Waals surface area contributed by atoms with Gasteiger partial charge in [0.05, 0.1) is 43.8 Å². The van der Waals surface area contributed by atoms with Crippen LogP contribution in [0.4, 0.5) is 0 Å². The topological polar surface area (TPSA) is 153 Å². The zero-order chi connectivity index (χ0) is 33.4. The summed E-state index contributed by atoms with van der Waals surface area (Å²) in [7, 11) is -2.95. The van der Waals surface area contributed by atoms with Crippen LogP contribution < -0.4 is 9.47 Å². The molecular formula is C34H47N2O9P. The van der Waals surface area contributed by atoms with E-state index in [9.17, 15) is 28.7 Å². The van der Waals surface area contributed by atoms with E-state index in [0.717, 1.165) is 41.3 Å². The fraction of sp³-hybridized carbons (Fsp3) is 0.647. The van der Waals surface area contributed by atoms with Crippen molar-refractivity contribution in [3.63, 3.8) is 0 Å². The van der Waals surface area contributed by atoms with Crippen molar-refractivity contribution in [3.8, 4) is 11.6 Å². The quantitative estimate of drug-likeness (QED) is 0.312. The zero-order valence-electron chi connectivity index (χ0n) is 27.5. The van der Waals surface area contributed by atoms with Gasteiger partial charge in [0.25, 0.3) is 0 Å². The molecule has 46 heavy (non-hydrogen) atoms. The fourth-order valence-corrected chi connectivity index (χ4v) is 8.72. The lowest BCUT2D eigenvalue weighted by Crippen LogP contribution is -2.48. The number of aromatic nitrogens is 1. The number of esters is 1. The molecule has 11 nitrogen and oxygen atoms in total. The van der Waals surface area contributed by atoms with E-state index in [0.29, 0.717) is 18.7 Å². The van der Waals surface area contributed by atoms with Crippen LogP contribution in [0.2, 0.25) is 0 Å². The second-order valence-electron chi connectivity index (χ2n) is 14.2. The number of nitrogens with zero attached hydrogens (tertiary/aromatic N) is 2. The number of hydrogen-bond donors (Lipinski definition) is 2. The molecule has 1 aromatic carbocycles. The molecule has 12 heteroatoms. The van der Waals surface area contributed by atoms with Gasteiger partial charge in [-0.05, 0) is 72.6 Å². The molecule has 2 N–H and O–H groups in total. The summed E-state index contributed by atoms with van der Waals surface area (Å²) >= 11 is 0. The number of fused-ring (bicyclic) bond motifs is 3. The molecule has 2 aromatic rings. The fourth-order valence-electron chi connectivity index (χ4n) is 7.24. The van der Waals surface area contributed by atoms with Crippen LogP contribution in [-0.2, 0) is 30.1 Å². The van der Waals surface area contributed by atoms with Gasteiger partial charge in [-0.3, -0.25) is 18.9 Å². The minimum absolute atomic E-state index is 0.0675. The van der Waals surface area contributed by atoms with E-state index < -0.39 is 48.0 Å². The van der Waals surface area contributed by atoms with Crippen molar-refractivity contribution < 1.29 is 42.9 Å². The third kappa shape index (κ3) is 6.97. The smallest absolute Gasteiger partial charge is 0.332 e. The van der Waals surface area contributed by atoms with Gasteiger partial charge in [-0.1, -0.05) is 34.1 Å². The number of ether oxygens (including phenoxy) is 3. The second kappa shape index (κ2) is 13.2. The Morgan fingerprint density at radius 1 is 1.20 bits per heavy atom. The van der Waals surface area contributed by atoms with Crippen molar-refractivity contribution in [2.75, 3.05) is 20.3 Å². The number of Topliss-reactive ketones (excluding diaryl/α,β-unsaturated/α-hetero) is 1. The summed E-state index contributed by atoms with van der Waals surface area (Å²) in [5.74, 6) is -1.16. The molecule has 2 unspecified atom stereocenters. The number of carbonyl (C=O) groups is 3. The summed E-state index contributed by atoms with van der Waals surface area (Å²) in [6.45, 7) is 7.80. The first-order chi connectivity index (χ1) is 21.7. The maximum Gasteiger partial charge on any atom is 0.332 e. The standard InChI is InChI=1S/C34H47N2O9P/c1-6-23-18-34(23,46(40,41)42)19-28(37)27-16-24-20-36(27)32(39)26(33(2,3)4)17-30(38)44-13-9-7-8-10-22-14-25-21(15-29(22)43-5)11-12-35-31(25)45-24/h11-12,14-15,23-24,26-27H,6-10,13,16-20H2,1-5H3,(H2,40,41,42)/t23?,24-,26-,27+,34?/m1/s1. The molecule has 1 aliphatic carbocycles. The number of benzene rings is 1. The Labute approximate surface area is 270 Å². The van der Waals surface area contributed by atoms with Crippen LogP contribution in [0.15, 0.2) is 24.4 Å². The molecule has 1 saturated carbocycles. The molecule has 3 aliphatic rings. The molecule has 252 valence electrons. The van der Waals surface area contributed by atoms with Crippen molar-refractivity contribution in [2.24, 2.45) is 17.3 Å². The van der Waals surface area contributed by atoms with Crippen molar-refractivity contribution in [3.05, 3.63) is 30.0 Å². The lowest BCUT2D eigenvalue weighted by molar-refractivity contribution is -0.153. The maximum atomic E-state index is 14.3. The molecule has 2 aliphatic heterocycles. The van der Waals surface area contributed by atoms with Crippen LogP contribution in [0.1, 0.15) is 84.6 Å². The molecule has 5 atom stereocenters. The lowest BCUT2D eigenvalue weighted by Gasteiger charge is -2.35. The van der Waals surface area contributed by atoms with E-state index in [1.807, 2.05) is 45.9 Å². The molecule has 1 amide bonds. The van der Waals surface area contributed by atoms with Crippen molar-refractivity contribution >= 4 is 36.0 Å². The van der Waals surface area contributed by atoms with Gasteiger partial charge in [-0.25, -0.2) is 4.98 Å². The van der Waals surface area contributed by atoms with Gasteiger partial charge in [-0.2, -0.15) is 0 Å². The summed E-state index contributed by atoms with van der Waals surface area (Å²) < 4.78 is 30.3. The van der Waals surface area contributed by atoms with Gasteiger partial charge in [0.15, 0.2) is 5.78 Å². The summed E-state index contributed by atoms with van der Waals surface area (Å²) in [5.41, 5.74) is 0.362. The third-order valence-corrected chi connectivity index (χ3v) is 12.0. The van der Waals surface area contributed by atoms with Gasteiger partial charge in [0.2, 0.25) is 11.8 Å². The number of ketones is 1. The number of cyclic esters (lactones) is 1. The highest BCUT2D eigenvalue weighted by molar-refractivity contribution is 7.54. The first-order valence-corrected chi connectivity index (χ1v) is 18.0. The Balaban J connectivity index is 1.53. The number of rotatable bonds is 6. The van der Waals surface area contributed by atoms with Gasteiger partial charge >= 0.3 is 13.6 Å². The van der Waals surface area contributed by atoms with Crippen molar-refractivity contribution in [2.45, 2.75) is 103 Å². The van der Waals surface area contributed by atoms with Crippen LogP contribution in [0.5, 0.6) is 11.6 Å². The van der Waals surface area contributed by atoms with Gasteiger partial charge in [0.1, 0.15) is 11.9 Å². The summed E-state index contributed by atoms with van der Waals surface area (Å²) in [6, 6.07) is 4.87. The van der Waals surface area contributed by atoms with Gasteiger partial charge in [-0.15, -0.1) is 0 Å². The average Bonchev–Trinajstić information content (AvgIpc) is 3.56. The monoisotopic (exact) mass is 658 g/mol. The van der Waals surface area contributed by atoms with E-state index in [1.54, 1.807) is 13.3 Å². The third-order valence-electron chi connectivity index (χ3n) is 10.1. The molecule has 0 spiro atoms. The lowest BCUT2D eigenvalue weighted by atomic mass is 9.77. The number of amides is 1. The predicted molar refractivity (Wildman–Crippen MR) is 172 cm³/mol. The predicted octanol–water partition coefficient (Wildman–Crippen LogP) is 5.22. The highest BCUT2D eigenvalue weighted by atomic mass is 31.2. The van der Waals surface area contributed by atoms with E-state index in [1.165, 1.54) is 4.90 Å². The average molecular weight is 659 g/mol. The van der Waals surface area contributed by atoms with E-state index in [4.69, 9.17) is 14.2 Å². The number of carbonyl (C=O) groups excluding carboxylic acids is 3. The summed E-state index contributed by atoms with van der Waals surface area (Å²) in [5, 5.41) is 0.262. The van der Waals surface area contributed by atoms with Crippen molar-refractivity contribution in [1.82, 2.24) is 9.88 Å². The molecule has 4 bridgehead atoms. The Bertz CT molecular complexity index is 1530. The van der Waals surface area contributed by atoms with E-state index >= 15 is 0 Å². The number of hydrogen-bond acceptors (Lipinski definition) is 8. The molecule has 1 saturated heterocycles. The number of methoxy groups -OCH3 is 1. The molecular weight excluding hydrogens is 611 g/mol. The van der Waals surface area contributed by atoms with Crippen LogP contribution in [0.25, 0.3) is 10.8 Å². The first kappa shape index (κ1) is 34.3. The first-order valence-electron chi connectivity index (χ1n) is 16.3. The van der Waals surface area contributed by atoms with Crippen LogP contribution in [-0.4, -0.2) is 74.9 Å². The zero-order valence-corrected chi connectivity index (χ0v) is 28.4. The second-order valence-corrected chi connectivity index (χ2v) is 16.2. The highest BCUT2D eigenvalue weighted by Crippen LogP contribution is 2.71. The van der Waals surface area contributed by atoms with Crippen molar-refractivity contribution in [1.29, 1.82) is 0 Å². The molecule has 0 radical (unpaired) electrons. The minimum Gasteiger partial charge on any atom is -0.496 e. The minimum atomic E-state index is -4.59. The molecule has 1 aromatic heterocycles. The van der Waals surface area contributed by atoms with Crippen LogP contribution in [0, 0.1) is 17.3 Å². The SMILES string of the molecule is CCC1CC1(CC(=O)[C@@H]1C[C@@H]2CN1C(=O)[C@H](C(C)(C)C)CC(=O)OCCCCCc1cc3c(nccc3cc1OC)O2)P(=O)(O)O. The Kier molecular flexibility index (Phi) is 9.88. The van der Waals surface area contributed by atoms with Gasteiger partial charge < -0.3 is 28.9 Å². The van der Waals surface area contributed by atoms with Gasteiger partial charge in [0, 0.05) is 24.4 Å². The van der Waals surface area contributed by atoms with E-state index in [2.05, 4.69) is 4.98 Å². The largest absolute Gasteiger partial charge is 0.496 e. The van der Waals surface area contributed by atoms with E-state index in [-0.39, 0.29) is 50.7 Å². The number of aryl methyl sites for hydroxylation is 1.